The van der Waals surface area contributed by atoms with Crippen LogP contribution in [0, 0.1) is 0 Å². The first kappa shape index (κ1) is 22.4. The molecule has 2 saturated heterocycles. The molecule has 0 spiro atoms. The summed E-state index contributed by atoms with van der Waals surface area (Å²) in [7, 11) is 2.14. The lowest BCUT2D eigenvalue weighted by atomic mass is 9.87. The summed E-state index contributed by atoms with van der Waals surface area (Å²) in [4.78, 5) is 5.92. The lowest BCUT2D eigenvalue weighted by Gasteiger charge is -2.39. The van der Waals surface area contributed by atoms with Crippen molar-refractivity contribution in [3.8, 4) is 0 Å². The summed E-state index contributed by atoms with van der Waals surface area (Å²) < 4.78 is 31.8. The third kappa shape index (κ3) is 4.27. The topological polar surface area (TPSA) is 65.2 Å². The van der Waals surface area contributed by atoms with Gasteiger partial charge in [-0.25, -0.2) is 0 Å². The predicted molar refractivity (Wildman–Crippen MR) is 114 cm³/mol. The maximum atomic E-state index is 6.17. The maximum absolute atomic E-state index is 6.17. The molecule has 4 atom stereocenters. The van der Waals surface area contributed by atoms with Crippen molar-refractivity contribution in [2.24, 2.45) is 0 Å². The molecule has 0 aromatic carbocycles. The quantitative estimate of drug-likeness (QED) is 0.260. The van der Waals surface area contributed by atoms with E-state index < -0.39 is 17.9 Å². The smallest absolute Gasteiger partial charge is 0.366 e. The van der Waals surface area contributed by atoms with E-state index in [0.717, 1.165) is 24.9 Å². The zero-order valence-electron chi connectivity index (χ0n) is 18.6. The first-order valence-corrected chi connectivity index (χ1v) is 15.2. The van der Waals surface area contributed by atoms with Gasteiger partial charge < -0.3 is 27.6 Å². The van der Waals surface area contributed by atoms with Crippen molar-refractivity contribution in [1.82, 2.24) is 4.39 Å². The minimum Gasteiger partial charge on any atom is -0.366 e. The van der Waals surface area contributed by atoms with E-state index in [1.165, 1.54) is 51.4 Å². The second-order valence-corrected chi connectivity index (χ2v) is 15.4. The highest BCUT2D eigenvalue weighted by atomic mass is 28.4. The van der Waals surface area contributed by atoms with Crippen LogP contribution in [0.1, 0.15) is 64.2 Å². The van der Waals surface area contributed by atoms with Crippen molar-refractivity contribution in [1.29, 1.82) is 0 Å². The normalized spacial score (nSPS) is 37.1. The highest BCUT2D eigenvalue weighted by Gasteiger charge is 2.60. The minimum absolute atomic E-state index is 0.141. The number of fused-ring (bicyclic) bond motifs is 2. The summed E-state index contributed by atoms with van der Waals surface area (Å²) in [6.07, 6.45) is 13.3. The summed E-state index contributed by atoms with van der Waals surface area (Å²) in [5, 5.41) is 0. The molecule has 168 valence electrons. The Morgan fingerprint density at radius 2 is 1.31 bits per heavy atom. The van der Waals surface area contributed by atoms with Gasteiger partial charge in [0.15, 0.2) is 0 Å². The van der Waals surface area contributed by atoms with Crippen molar-refractivity contribution in [3.05, 3.63) is 0 Å². The lowest BCUT2D eigenvalue weighted by molar-refractivity contribution is -0.0748. The molecule has 2 aliphatic carbocycles. The monoisotopic (exact) mass is 445 g/mol. The van der Waals surface area contributed by atoms with Gasteiger partial charge in [0.25, 0.3) is 0 Å². The van der Waals surface area contributed by atoms with Gasteiger partial charge >= 0.3 is 8.97 Å². The van der Waals surface area contributed by atoms with Gasteiger partial charge in [0.1, 0.15) is 8.96 Å². The molecule has 4 aliphatic rings. The molecular formula is C20H39NO6Si2. The minimum atomic E-state index is -3.01. The highest BCUT2D eigenvalue weighted by Crippen LogP contribution is 2.53. The Balaban J connectivity index is 1.45. The molecule has 2 heterocycles. The number of hydrogen-bond acceptors (Lipinski definition) is 7. The van der Waals surface area contributed by atoms with Crippen LogP contribution in [-0.2, 0) is 27.6 Å². The molecule has 29 heavy (non-hydrogen) atoms. The zero-order valence-corrected chi connectivity index (χ0v) is 20.8. The summed E-state index contributed by atoms with van der Waals surface area (Å²) in [5.74, 6) is 0. The van der Waals surface area contributed by atoms with Crippen molar-refractivity contribution in [2.75, 3.05) is 28.4 Å². The molecule has 4 unspecified atom stereocenters. The Bertz CT molecular complexity index is 525. The van der Waals surface area contributed by atoms with Crippen molar-refractivity contribution in [3.63, 3.8) is 0 Å². The Morgan fingerprint density at radius 3 is 1.69 bits per heavy atom. The van der Waals surface area contributed by atoms with Crippen LogP contribution in [0.25, 0.3) is 0 Å². The third-order valence-electron chi connectivity index (χ3n) is 7.82. The zero-order chi connectivity index (χ0) is 20.5. The van der Waals surface area contributed by atoms with Gasteiger partial charge in [-0.15, -0.1) is 0 Å². The van der Waals surface area contributed by atoms with E-state index in [-0.39, 0.29) is 11.2 Å². The van der Waals surface area contributed by atoms with E-state index in [2.05, 4.69) is 0 Å². The van der Waals surface area contributed by atoms with Crippen LogP contribution in [0.3, 0.4) is 0 Å². The van der Waals surface area contributed by atoms with Crippen LogP contribution in [-0.4, -0.2) is 74.2 Å². The molecule has 0 radical (unpaired) electrons. The van der Waals surface area contributed by atoms with E-state index in [0.29, 0.717) is 12.2 Å². The molecule has 4 rings (SSSR count). The number of rotatable bonds is 12. The van der Waals surface area contributed by atoms with Gasteiger partial charge in [0.2, 0.25) is 0 Å². The van der Waals surface area contributed by atoms with E-state index in [1.54, 1.807) is 28.4 Å². The van der Waals surface area contributed by atoms with Crippen LogP contribution in [0.2, 0.25) is 12.1 Å². The molecule has 9 heteroatoms. The van der Waals surface area contributed by atoms with Crippen LogP contribution in [0.15, 0.2) is 0 Å². The van der Waals surface area contributed by atoms with Gasteiger partial charge in [0, 0.05) is 21.3 Å². The number of nitrogens with zero attached hydrogens (tertiary/aromatic N) is 1. The highest BCUT2D eigenvalue weighted by molar-refractivity contribution is 6.73. The molecule has 2 saturated carbocycles. The fourth-order valence-corrected chi connectivity index (χ4v) is 13.5. The Hall–Kier alpha value is 0.154. The Morgan fingerprint density at radius 1 is 0.828 bits per heavy atom. The fraction of sp³-hybridized carbons (Fsp3) is 1.00. The summed E-state index contributed by atoms with van der Waals surface area (Å²) in [5.41, 5.74) is 0.282. The van der Waals surface area contributed by atoms with E-state index >= 15 is 0 Å². The maximum Gasteiger partial charge on any atom is 0.615 e. The van der Waals surface area contributed by atoms with E-state index in [9.17, 15) is 0 Å². The molecule has 0 aromatic rings. The summed E-state index contributed by atoms with van der Waals surface area (Å²) in [6, 6.07) is 2.24. The average Bonchev–Trinajstić information content (AvgIpc) is 3.66. The van der Waals surface area contributed by atoms with Crippen molar-refractivity contribution in [2.45, 2.75) is 99.7 Å². The van der Waals surface area contributed by atoms with Gasteiger partial charge in [0.05, 0.1) is 30.5 Å². The van der Waals surface area contributed by atoms with Crippen LogP contribution < -0.4 is 0 Å². The molecule has 0 amide bonds. The van der Waals surface area contributed by atoms with Crippen molar-refractivity contribution >= 4 is 17.9 Å². The molecule has 0 bridgehead atoms. The summed E-state index contributed by atoms with van der Waals surface area (Å²) in [6.45, 7) is 0. The first-order valence-electron chi connectivity index (χ1n) is 11.4. The first-order chi connectivity index (χ1) is 14.1. The SMILES string of the molecule is CON([SiH](CCC12CCCCC1O2)CCC12CCCCC1O2)[Si](OC)(OC)OC. The van der Waals surface area contributed by atoms with Crippen LogP contribution >= 0.6 is 0 Å². The van der Waals surface area contributed by atoms with Crippen LogP contribution in [0.4, 0.5) is 0 Å². The molecule has 0 aromatic heterocycles. The predicted octanol–water partition coefficient (Wildman–Crippen LogP) is 3.15. The van der Waals surface area contributed by atoms with Crippen LogP contribution in [0.5, 0.6) is 0 Å². The van der Waals surface area contributed by atoms with Crippen molar-refractivity contribution < 1.29 is 27.6 Å². The summed E-state index contributed by atoms with van der Waals surface area (Å²) >= 11 is 0. The molecule has 2 aliphatic heterocycles. The average molecular weight is 446 g/mol. The molecule has 4 fully saturated rings. The number of epoxide rings is 2. The molecule has 7 nitrogen and oxygen atoms in total. The standard InChI is InChI=1S/C20H39NO6Si2/c1-22-21(29(23-2,24-3)25-4)28(15-13-19-11-7-5-9-17(19)26-19)16-14-20-12-8-6-10-18(20)27-20/h17-18,28H,5-16H2,1-4H3. The van der Waals surface area contributed by atoms with Gasteiger partial charge in [-0.2, -0.15) is 4.39 Å². The Kier molecular flexibility index (Phi) is 6.90. The van der Waals surface area contributed by atoms with E-state index in [4.69, 9.17) is 27.6 Å². The fourth-order valence-electron chi connectivity index (χ4n) is 5.99. The second-order valence-electron chi connectivity index (χ2n) is 9.21. The Labute approximate surface area is 178 Å². The second kappa shape index (κ2) is 8.95. The number of hydrogen-bond donors (Lipinski definition) is 0. The van der Waals surface area contributed by atoms with Gasteiger partial charge in [-0.3, -0.25) is 0 Å². The molecular weight excluding hydrogens is 406 g/mol. The number of ether oxygens (including phenoxy) is 2. The third-order valence-corrected chi connectivity index (χ3v) is 14.9. The van der Waals surface area contributed by atoms with E-state index in [1.807, 2.05) is 4.39 Å². The lowest BCUT2D eigenvalue weighted by Crippen LogP contribution is -2.64. The largest absolute Gasteiger partial charge is 0.615 e. The molecule has 0 N–H and O–H groups in total. The van der Waals surface area contributed by atoms with Gasteiger partial charge in [-0.1, -0.05) is 25.7 Å². The van der Waals surface area contributed by atoms with Gasteiger partial charge in [-0.05, 0) is 50.6 Å².